The molecular formula is C17H19N3OS. The Morgan fingerprint density at radius 2 is 1.86 bits per heavy atom. The molecule has 0 fully saturated rings. The lowest BCUT2D eigenvalue weighted by molar-refractivity contribution is 0.415. The predicted molar refractivity (Wildman–Crippen MR) is 95.9 cm³/mol. The topological polar surface area (TPSA) is 45.6 Å². The molecule has 2 N–H and O–H groups in total. The van der Waals surface area contributed by atoms with Crippen LogP contribution in [0.25, 0.3) is 0 Å². The van der Waals surface area contributed by atoms with E-state index in [0.717, 1.165) is 17.0 Å². The molecule has 0 saturated carbocycles. The van der Waals surface area contributed by atoms with Gasteiger partial charge in [0.1, 0.15) is 5.75 Å². The zero-order valence-electron chi connectivity index (χ0n) is 12.9. The Balaban J connectivity index is 1.91. The van der Waals surface area contributed by atoms with Crippen LogP contribution < -0.4 is 15.5 Å². The van der Waals surface area contributed by atoms with Crippen LogP contribution in [-0.2, 0) is 0 Å². The van der Waals surface area contributed by atoms with Crippen LogP contribution in [0, 0.1) is 13.8 Å². The molecule has 2 rings (SSSR count). The van der Waals surface area contributed by atoms with Crippen molar-refractivity contribution in [3.8, 4) is 5.75 Å². The standard InChI is InChI=1S/C17H19N3OS/c1-12-5-4-6-16(13(12)2)19-17(22)20-18-11-14-7-9-15(21-3)10-8-14/h4-11H,1-3H3,(H2,19,20,22). The molecule has 0 bridgehead atoms. The number of methoxy groups -OCH3 is 1. The highest BCUT2D eigenvalue weighted by atomic mass is 32.1. The Labute approximate surface area is 136 Å². The van der Waals surface area contributed by atoms with Gasteiger partial charge in [0.05, 0.1) is 13.3 Å². The summed E-state index contributed by atoms with van der Waals surface area (Å²) in [4.78, 5) is 0. The van der Waals surface area contributed by atoms with E-state index in [9.17, 15) is 0 Å². The molecule has 0 atom stereocenters. The van der Waals surface area contributed by atoms with Crippen molar-refractivity contribution in [2.75, 3.05) is 12.4 Å². The lowest BCUT2D eigenvalue weighted by Crippen LogP contribution is -2.24. The minimum Gasteiger partial charge on any atom is -0.497 e. The van der Waals surface area contributed by atoms with E-state index < -0.39 is 0 Å². The fraction of sp³-hybridized carbons (Fsp3) is 0.176. The van der Waals surface area contributed by atoms with Gasteiger partial charge in [-0.2, -0.15) is 5.10 Å². The number of aryl methyl sites for hydroxylation is 1. The van der Waals surface area contributed by atoms with Crippen LogP contribution in [0.4, 0.5) is 5.69 Å². The highest BCUT2D eigenvalue weighted by molar-refractivity contribution is 7.80. The van der Waals surface area contributed by atoms with Crippen molar-refractivity contribution in [1.29, 1.82) is 0 Å². The molecule has 2 aromatic rings. The second kappa shape index (κ2) is 7.56. The maximum atomic E-state index is 5.24. The average molecular weight is 313 g/mol. The van der Waals surface area contributed by atoms with Gasteiger partial charge in [-0.05, 0) is 73.1 Å². The van der Waals surface area contributed by atoms with Crippen molar-refractivity contribution in [3.63, 3.8) is 0 Å². The van der Waals surface area contributed by atoms with Gasteiger partial charge in [0, 0.05) is 5.69 Å². The minimum absolute atomic E-state index is 0.457. The van der Waals surface area contributed by atoms with E-state index in [-0.39, 0.29) is 0 Å². The number of nitrogens with one attached hydrogen (secondary N) is 2. The van der Waals surface area contributed by atoms with Gasteiger partial charge in [-0.15, -0.1) is 0 Å². The summed E-state index contributed by atoms with van der Waals surface area (Å²) in [7, 11) is 1.64. The van der Waals surface area contributed by atoms with Gasteiger partial charge in [0.2, 0.25) is 0 Å². The first-order valence-electron chi connectivity index (χ1n) is 6.90. The van der Waals surface area contributed by atoms with E-state index in [0.29, 0.717) is 5.11 Å². The van der Waals surface area contributed by atoms with Crippen LogP contribution in [0.1, 0.15) is 16.7 Å². The van der Waals surface area contributed by atoms with E-state index >= 15 is 0 Å². The summed E-state index contributed by atoms with van der Waals surface area (Å²) in [6.07, 6.45) is 1.70. The summed E-state index contributed by atoms with van der Waals surface area (Å²) in [5, 5.41) is 7.72. The van der Waals surface area contributed by atoms with E-state index in [2.05, 4.69) is 35.8 Å². The van der Waals surface area contributed by atoms with Crippen LogP contribution in [-0.4, -0.2) is 18.4 Å². The zero-order chi connectivity index (χ0) is 15.9. The molecule has 0 aliphatic rings. The Bertz CT molecular complexity index is 681. The lowest BCUT2D eigenvalue weighted by atomic mass is 10.1. The fourth-order valence-electron chi connectivity index (χ4n) is 1.89. The smallest absolute Gasteiger partial charge is 0.191 e. The summed E-state index contributed by atoms with van der Waals surface area (Å²) < 4.78 is 5.11. The van der Waals surface area contributed by atoms with Crippen LogP contribution in [0.3, 0.4) is 0 Å². The molecule has 0 unspecified atom stereocenters. The zero-order valence-corrected chi connectivity index (χ0v) is 13.7. The molecule has 22 heavy (non-hydrogen) atoms. The summed E-state index contributed by atoms with van der Waals surface area (Å²) in [5.41, 5.74) is 7.15. The first kappa shape index (κ1) is 16.0. The Hall–Kier alpha value is -2.40. The predicted octanol–water partition coefficient (Wildman–Crippen LogP) is 3.63. The molecule has 2 aromatic carbocycles. The maximum Gasteiger partial charge on any atom is 0.191 e. The number of hydrogen-bond donors (Lipinski definition) is 2. The largest absolute Gasteiger partial charge is 0.497 e. The third-order valence-electron chi connectivity index (χ3n) is 3.35. The van der Waals surface area contributed by atoms with Gasteiger partial charge in [0.25, 0.3) is 0 Å². The Morgan fingerprint density at radius 1 is 1.14 bits per heavy atom. The number of rotatable bonds is 4. The molecular weight excluding hydrogens is 294 g/mol. The van der Waals surface area contributed by atoms with Crippen molar-refractivity contribution in [2.45, 2.75) is 13.8 Å². The average Bonchev–Trinajstić information content (AvgIpc) is 2.52. The van der Waals surface area contributed by atoms with Gasteiger partial charge in [-0.25, -0.2) is 0 Å². The van der Waals surface area contributed by atoms with Crippen molar-refractivity contribution in [1.82, 2.24) is 5.43 Å². The summed E-state index contributed by atoms with van der Waals surface area (Å²) in [6.45, 7) is 4.12. The monoisotopic (exact) mass is 313 g/mol. The summed E-state index contributed by atoms with van der Waals surface area (Å²) in [5.74, 6) is 0.817. The van der Waals surface area contributed by atoms with E-state index in [4.69, 9.17) is 17.0 Å². The first-order chi connectivity index (χ1) is 10.6. The Morgan fingerprint density at radius 3 is 2.55 bits per heavy atom. The molecule has 4 nitrogen and oxygen atoms in total. The van der Waals surface area contributed by atoms with Crippen LogP contribution in [0.15, 0.2) is 47.6 Å². The SMILES string of the molecule is COc1ccc(C=NNC(=S)Nc2cccc(C)c2C)cc1. The van der Waals surface area contributed by atoms with E-state index in [1.807, 2.05) is 36.4 Å². The molecule has 0 amide bonds. The summed E-state index contributed by atoms with van der Waals surface area (Å²) >= 11 is 5.24. The van der Waals surface area contributed by atoms with E-state index in [1.54, 1.807) is 13.3 Å². The number of hydrazone groups is 1. The van der Waals surface area contributed by atoms with Gasteiger partial charge in [-0.1, -0.05) is 12.1 Å². The van der Waals surface area contributed by atoms with Gasteiger partial charge >= 0.3 is 0 Å². The quantitative estimate of drug-likeness (QED) is 0.514. The van der Waals surface area contributed by atoms with Crippen molar-refractivity contribution < 1.29 is 4.74 Å². The number of ether oxygens (including phenoxy) is 1. The van der Waals surface area contributed by atoms with Crippen molar-refractivity contribution in [3.05, 3.63) is 59.2 Å². The number of benzene rings is 2. The van der Waals surface area contributed by atoms with Crippen LogP contribution in [0.5, 0.6) is 5.75 Å². The molecule has 0 aromatic heterocycles. The Kier molecular flexibility index (Phi) is 5.49. The third kappa shape index (κ3) is 4.30. The van der Waals surface area contributed by atoms with Gasteiger partial charge in [0.15, 0.2) is 5.11 Å². The van der Waals surface area contributed by atoms with E-state index in [1.165, 1.54) is 11.1 Å². The third-order valence-corrected chi connectivity index (χ3v) is 3.54. The van der Waals surface area contributed by atoms with Crippen LogP contribution in [0.2, 0.25) is 0 Å². The summed E-state index contributed by atoms with van der Waals surface area (Å²) in [6, 6.07) is 13.7. The van der Waals surface area contributed by atoms with Crippen molar-refractivity contribution >= 4 is 29.2 Å². The molecule has 5 heteroatoms. The lowest BCUT2D eigenvalue weighted by Gasteiger charge is -2.11. The highest BCUT2D eigenvalue weighted by Gasteiger charge is 2.01. The molecule has 0 saturated heterocycles. The molecule has 0 heterocycles. The minimum atomic E-state index is 0.457. The van der Waals surface area contributed by atoms with Gasteiger partial charge in [-0.3, -0.25) is 5.43 Å². The van der Waals surface area contributed by atoms with Gasteiger partial charge < -0.3 is 10.1 Å². The normalized spacial score (nSPS) is 10.5. The molecule has 0 aliphatic carbocycles. The van der Waals surface area contributed by atoms with Crippen molar-refractivity contribution in [2.24, 2.45) is 5.10 Å². The fourth-order valence-corrected chi connectivity index (χ4v) is 2.05. The number of hydrogen-bond acceptors (Lipinski definition) is 3. The molecule has 0 aliphatic heterocycles. The first-order valence-corrected chi connectivity index (χ1v) is 7.31. The second-order valence-corrected chi connectivity index (χ2v) is 5.25. The number of thiocarbonyl (C=S) groups is 1. The molecule has 0 radical (unpaired) electrons. The number of nitrogens with zero attached hydrogens (tertiary/aromatic N) is 1. The second-order valence-electron chi connectivity index (χ2n) is 4.84. The highest BCUT2D eigenvalue weighted by Crippen LogP contribution is 2.17. The molecule has 0 spiro atoms. The number of anilines is 1. The maximum absolute atomic E-state index is 5.24. The molecule has 114 valence electrons. The van der Waals surface area contributed by atoms with Crippen LogP contribution >= 0.6 is 12.2 Å².